The van der Waals surface area contributed by atoms with Crippen molar-refractivity contribution in [1.29, 1.82) is 0 Å². The average molecular weight is 174 g/mol. The van der Waals surface area contributed by atoms with E-state index in [1.165, 1.54) is 30.9 Å². The Morgan fingerprint density at radius 1 is 1.55 bits per heavy atom. The summed E-state index contributed by atoms with van der Waals surface area (Å²) < 4.78 is 0. The third-order valence-corrected chi connectivity index (χ3v) is 3.19. The molecule has 0 aromatic heterocycles. The second kappa shape index (κ2) is 5.86. The van der Waals surface area contributed by atoms with Crippen molar-refractivity contribution < 1.29 is 0 Å². The first-order chi connectivity index (χ1) is 5.43. The molecule has 3 N–H and O–H groups in total. The van der Waals surface area contributed by atoms with Gasteiger partial charge in [-0.15, -0.1) is 0 Å². The highest BCUT2D eigenvalue weighted by Crippen LogP contribution is 2.12. The van der Waals surface area contributed by atoms with E-state index in [1.807, 2.05) is 11.8 Å². The zero-order chi connectivity index (χ0) is 7.94. The molecule has 0 radical (unpaired) electrons. The quantitative estimate of drug-likeness (QED) is 0.606. The van der Waals surface area contributed by atoms with E-state index in [0.29, 0.717) is 0 Å². The van der Waals surface area contributed by atoms with Gasteiger partial charge in [0.2, 0.25) is 0 Å². The summed E-state index contributed by atoms with van der Waals surface area (Å²) in [6.45, 7) is 2.06. The summed E-state index contributed by atoms with van der Waals surface area (Å²) in [6.07, 6.45) is 3.90. The van der Waals surface area contributed by atoms with Crippen LogP contribution in [0.25, 0.3) is 0 Å². The molecule has 0 spiro atoms. The molecule has 1 heterocycles. The molecule has 0 unspecified atom stereocenters. The van der Waals surface area contributed by atoms with Crippen LogP contribution in [0.15, 0.2) is 0 Å². The van der Waals surface area contributed by atoms with Gasteiger partial charge in [-0.2, -0.15) is 11.8 Å². The standard InChI is InChI=1S/C8H18N2S/c9-4-2-6-11-7-8-3-1-5-10-8/h8,10H,1-7,9H2/t8-/m0/s1. The van der Waals surface area contributed by atoms with Crippen molar-refractivity contribution in [2.24, 2.45) is 5.73 Å². The van der Waals surface area contributed by atoms with Crippen LogP contribution < -0.4 is 11.1 Å². The van der Waals surface area contributed by atoms with Gasteiger partial charge in [0.05, 0.1) is 0 Å². The lowest BCUT2D eigenvalue weighted by Gasteiger charge is -2.08. The number of thioether (sulfide) groups is 1. The molecular formula is C8H18N2S. The van der Waals surface area contributed by atoms with Gasteiger partial charge in [0.15, 0.2) is 0 Å². The Morgan fingerprint density at radius 2 is 2.45 bits per heavy atom. The fraction of sp³-hybridized carbons (Fsp3) is 1.00. The van der Waals surface area contributed by atoms with Crippen molar-refractivity contribution >= 4 is 11.8 Å². The van der Waals surface area contributed by atoms with E-state index in [-0.39, 0.29) is 0 Å². The predicted molar refractivity (Wildman–Crippen MR) is 52.0 cm³/mol. The molecular weight excluding hydrogens is 156 g/mol. The molecule has 1 atom stereocenters. The Hall–Kier alpha value is 0.270. The van der Waals surface area contributed by atoms with E-state index in [1.54, 1.807) is 0 Å². The highest BCUT2D eigenvalue weighted by molar-refractivity contribution is 7.99. The summed E-state index contributed by atoms with van der Waals surface area (Å²) in [7, 11) is 0. The van der Waals surface area contributed by atoms with Gasteiger partial charge in [-0.3, -0.25) is 0 Å². The molecule has 66 valence electrons. The second-order valence-corrected chi connectivity index (χ2v) is 4.16. The smallest absolute Gasteiger partial charge is 0.0158 e. The summed E-state index contributed by atoms with van der Waals surface area (Å²) in [5.41, 5.74) is 5.39. The Morgan fingerprint density at radius 3 is 3.09 bits per heavy atom. The Balaban J connectivity index is 1.86. The van der Waals surface area contributed by atoms with Gasteiger partial charge in [0.1, 0.15) is 0 Å². The fourth-order valence-electron chi connectivity index (χ4n) is 1.31. The van der Waals surface area contributed by atoms with Crippen molar-refractivity contribution in [1.82, 2.24) is 5.32 Å². The highest BCUT2D eigenvalue weighted by Gasteiger charge is 2.12. The number of nitrogens with two attached hydrogens (primary N) is 1. The van der Waals surface area contributed by atoms with Crippen LogP contribution in [-0.4, -0.2) is 30.6 Å². The lowest BCUT2D eigenvalue weighted by Crippen LogP contribution is -2.23. The maximum Gasteiger partial charge on any atom is 0.0158 e. The van der Waals surface area contributed by atoms with E-state index in [4.69, 9.17) is 5.73 Å². The SMILES string of the molecule is NCCCSC[C@@H]1CCCN1. The summed E-state index contributed by atoms with van der Waals surface area (Å²) in [6, 6.07) is 0.790. The van der Waals surface area contributed by atoms with E-state index in [0.717, 1.165) is 19.0 Å². The molecule has 1 aliphatic heterocycles. The van der Waals surface area contributed by atoms with E-state index in [2.05, 4.69) is 5.32 Å². The molecule has 0 saturated carbocycles. The third-order valence-electron chi connectivity index (χ3n) is 1.97. The molecule has 0 aromatic rings. The summed E-state index contributed by atoms with van der Waals surface area (Å²) in [4.78, 5) is 0. The first-order valence-corrected chi connectivity index (χ1v) is 5.60. The summed E-state index contributed by atoms with van der Waals surface area (Å²) in [5.74, 6) is 2.51. The molecule has 2 nitrogen and oxygen atoms in total. The third kappa shape index (κ3) is 3.99. The number of hydrogen-bond acceptors (Lipinski definition) is 3. The van der Waals surface area contributed by atoms with Crippen molar-refractivity contribution in [3.05, 3.63) is 0 Å². The molecule has 11 heavy (non-hydrogen) atoms. The van der Waals surface area contributed by atoms with E-state index < -0.39 is 0 Å². The van der Waals surface area contributed by atoms with Crippen LogP contribution in [0.1, 0.15) is 19.3 Å². The van der Waals surface area contributed by atoms with E-state index >= 15 is 0 Å². The molecule has 1 saturated heterocycles. The number of hydrogen-bond donors (Lipinski definition) is 2. The van der Waals surface area contributed by atoms with Gasteiger partial charge >= 0.3 is 0 Å². The monoisotopic (exact) mass is 174 g/mol. The molecule has 0 aliphatic carbocycles. The maximum absolute atomic E-state index is 5.39. The maximum atomic E-state index is 5.39. The van der Waals surface area contributed by atoms with Gasteiger partial charge in [-0.1, -0.05) is 0 Å². The van der Waals surface area contributed by atoms with E-state index in [9.17, 15) is 0 Å². The lowest BCUT2D eigenvalue weighted by atomic mass is 10.3. The fourth-order valence-corrected chi connectivity index (χ4v) is 2.42. The van der Waals surface area contributed by atoms with Crippen LogP contribution in [0.3, 0.4) is 0 Å². The normalized spacial score (nSPS) is 24.3. The van der Waals surface area contributed by atoms with Crippen molar-refractivity contribution in [3.63, 3.8) is 0 Å². The highest BCUT2D eigenvalue weighted by atomic mass is 32.2. The van der Waals surface area contributed by atoms with Gasteiger partial charge in [-0.05, 0) is 38.1 Å². The molecule has 3 heteroatoms. The predicted octanol–water partition coefficient (Wildman–Crippen LogP) is 0.820. The van der Waals surface area contributed by atoms with Gasteiger partial charge in [0, 0.05) is 11.8 Å². The molecule has 0 bridgehead atoms. The zero-order valence-electron chi connectivity index (χ0n) is 7.01. The van der Waals surface area contributed by atoms with Crippen molar-refractivity contribution in [2.75, 3.05) is 24.6 Å². The average Bonchev–Trinajstić information content (AvgIpc) is 2.50. The molecule has 0 amide bonds. The summed E-state index contributed by atoms with van der Waals surface area (Å²) >= 11 is 2.03. The van der Waals surface area contributed by atoms with Crippen molar-refractivity contribution in [3.8, 4) is 0 Å². The molecule has 1 fully saturated rings. The minimum absolute atomic E-state index is 0.790. The van der Waals surface area contributed by atoms with Crippen LogP contribution in [0.2, 0.25) is 0 Å². The van der Waals surface area contributed by atoms with Crippen LogP contribution in [0.5, 0.6) is 0 Å². The van der Waals surface area contributed by atoms with Gasteiger partial charge in [-0.25, -0.2) is 0 Å². The Kier molecular flexibility index (Phi) is 4.99. The Labute approximate surface area is 73.3 Å². The first kappa shape index (κ1) is 9.36. The first-order valence-electron chi connectivity index (χ1n) is 4.44. The van der Waals surface area contributed by atoms with Gasteiger partial charge in [0.25, 0.3) is 0 Å². The minimum Gasteiger partial charge on any atom is -0.330 e. The largest absolute Gasteiger partial charge is 0.330 e. The van der Waals surface area contributed by atoms with Crippen LogP contribution >= 0.6 is 11.8 Å². The molecule has 1 aliphatic rings. The van der Waals surface area contributed by atoms with Crippen LogP contribution in [0, 0.1) is 0 Å². The van der Waals surface area contributed by atoms with Gasteiger partial charge < -0.3 is 11.1 Å². The lowest BCUT2D eigenvalue weighted by molar-refractivity contribution is 0.673. The van der Waals surface area contributed by atoms with Crippen molar-refractivity contribution in [2.45, 2.75) is 25.3 Å². The summed E-state index contributed by atoms with van der Waals surface area (Å²) in [5, 5.41) is 3.48. The minimum atomic E-state index is 0.790. The number of rotatable bonds is 5. The van der Waals surface area contributed by atoms with Crippen LogP contribution in [-0.2, 0) is 0 Å². The Bertz CT molecular complexity index is 92.1. The molecule has 0 aromatic carbocycles. The topological polar surface area (TPSA) is 38.0 Å². The molecule has 1 rings (SSSR count). The second-order valence-electron chi connectivity index (χ2n) is 3.01. The zero-order valence-corrected chi connectivity index (χ0v) is 7.83. The van der Waals surface area contributed by atoms with Crippen LogP contribution in [0.4, 0.5) is 0 Å². The number of nitrogens with one attached hydrogen (secondary N) is 1.